The van der Waals surface area contributed by atoms with Gasteiger partial charge in [-0.25, -0.2) is 9.55 Å². The number of aliphatic hydroxyl groups is 1. The number of hydrogen-bond acceptors (Lipinski definition) is 15. The number of rotatable bonds is 27. The molecule has 1 saturated heterocycles. The van der Waals surface area contributed by atoms with Gasteiger partial charge in [-0.05, 0) is 76.0 Å². The summed E-state index contributed by atoms with van der Waals surface area (Å²) in [6.07, 6.45) is 7.13. The molecule has 67 heavy (non-hydrogen) atoms. The summed E-state index contributed by atoms with van der Waals surface area (Å²) in [7, 11) is -5.13. The van der Waals surface area contributed by atoms with Crippen LogP contribution >= 0.6 is 7.82 Å². The third-order valence-corrected chi connectivity index (χ3v) is 11.3. The van der Waals surface area contributed by atoms with Gasteiger partial charge in [-0.2, -0.15) is 4.98 Å². The van der Waals surface area contributed by atoms with Crippen LogP contribution in [0.1, 0.15) is 89.7 Å². The molecule has 6 atom stereocenters. The number of hydrogen-bond donors (Lipinski definition) is 8. The van der Waals surface area contributed by atoms with Gasteiger partial charge in [0.2, 0.25) is 35.4 Å². The number of likely N-dealkylation sites (tertiary alicyclic amines) is 1. The maximum absolute atomic E-state index is 14.1. The number of carbonyl (C=O) groups is 6. The van der Waals surface area contributed by atoms with E-state index in [1.807, 2.05) is 38.1 Å². The average molecular weight is 960 g/mol. The van der Waals surface area contributed by atoms with Gasteiger partial charge in [0.25, 0.3) is 5.89 Å². The molecule has 1 aromatic carbocycles. The fourth-order valence-electron chi connectivity index (χ4n) is 7.29. The number of phosphoric ester groups is 1. The third-order valence-electron chi connectivity index (χ3n) is 10.7. The summed E-state index contributed by atoms with van der Waals surface area (Å²) in [4.78, 5) is 113. The number of unbranched alkanes of at least 4 members (excludes halogenated alkanes) is 3. The second kappa shape index (κ2) is 25.7. The molecule has 6 amide bonds. The summed E-state index contributed by atoms with van der Waals surface area (Å²) in [6, 6.07) is 0.519. The molecule has 0 aliphatic carbocycles. The van der Waals surface area contributed by atoms with Gasteiger partial charge in [-0.15, -0.1) is 0 Å². The van der Waals surface area contributed by atoms with Crippen molar-refractivity contribution in [1.82, 2.24) is 45.9 Å². The van der Waals surface area contributed by atoms with Gasteiger partial charge >= 0.3 is 7.82 Å². The van der Waals surface area contributed by atoms with E-state index in [9.17, 15) is 48.2 Å². The van der Waals surface area contributed by atoms with E-state index >= 15 is 0 Å². The SMILES string of the molecule is CC(=O)N1CCC[C@H]1C(=O)N[C@@H](CC(C)C)C(=O)N[C@@H](Cc1cncn1CCCCCCO/N=C/c1ccc(-c2nc(C)no2)cc1)C(=O)N[C@@H](CO)C(=O)N[C@H](C(N)=O)[C@@H](C)OP(=O)(O)O. The van der Waals surface area contributed by atoms with Crippen LogP contribution in [0.15, 0.2) is 46.5 Å². The van der Waals surface area contributed by atoms with Gasteiger partial charge in [0.05, 0.1) is 25.3 Å². The lowest BCUT2D eigenvalue weighted by Gasteiger charge is -2.28. The third kappa shape index (κ3) is 17.3. The van der Waals surface area contributed by atoms with E-state index in [4.69, 9.17) is 15.1 Å². The predicted molar refractivity (Wildman–Crippen MR) is 239 cm³/mol. The molecule has 1 aliphatic rings. The number of aliphatic hydroxyl groups excluding tert-OH is 1. The summed E-state index contributed by atoms with van der Waals surface area (Å²) >= 11 is 0. The van der Waals surface area contributed by atoms with E-state index in [1.54, 1.807) is 24.0 Å². The van der Waals surface area contributed by atoms with Gasteiger partial charge < -0.3 is 60.7 Å². The van der Waals surface area contributed by atoms with E-state index in [0.29, 0.717) is 56.4 Å². The predicted octanol–water partition coefficient (Wildman–Crippen LogP) is 0.367. The summed E-state index contributed by atoms with van der Waals surface area (Å²) in [6.45, 7) is 8.12. The molecule has 3 aromatic rings. The molecule has 0 radical (unpaired) electrons. The second-order valence-corrected chi connectivity index (χ2v) is 17.8. The number of carbonyl (C=O) groups excluding carboxylic acids is 6. The number of primary amides is 1. The van der Waals surface area contributed by atoms with Crippen LogP contribution in [0.25, 0.3) is 11.5 Å². The van der Waals surface area contributed by atoms with Crippen LogP contribution in [0.2, 0.25) is 0 Å². The smallest absolute Gasteiger partial charge is 0.396 e. The van der Waals surface area contributed by atoms with Crippen molar-refractivity contribution in [2.75, 3.05) is 19.8 Å². The maximum atomic E-state index is 14.1. The molecule has 0 bridgehead atoms. The number of amides is 6. The van der Waals surface area contributed by atoms with Crippen LogP contribution in [-0.2, 0) is 55.7 Å². The van der Waals surface area contributed by atoms with Crippen LogP contribution in [0.4, 0.5) is 0 Å². The Morgan fingerprint density at radius 1 is 0.970 bits per heavy atom. The Kier molecular flexibility index (Phi) is 20.6. The quantitative estimate of drug-likeness (QED) is 0.0221. The Balaban J connectivity index is 1.40. The summed E-state index contributed by atoms with van der Waals surface area (Å²) in [5.74, 6) is -4.00. The first kappa shape index (κ1) is 53.5. The molecular weight excluding hydrogens is 898 g/mol. The highest BCUT2D eigenvalue weighted by molar-refractivity contribution is 7.46. The topological polar surface area (TPSA) is 345 Å². The lowest BCUT2D eigenvalue weighted by Crippen LogP contribution is -2.61. The number of oxime groups is 1. The molecule has 25 heteroatoms. The monoisotopic (exact) mass is 959 g/mol. The first-order valence-electron chi connectivity index (χ1n) is 21.9. The Morgan fingerprint density at radius 3 is 2.27 bits per heavy atom. The highest BCUT2D eigenvalue weighted by atomic mass is 31.2. The highest BCUT2D eigenvalue weighted by Gasteiger charge is 2.37. The van der Waals surface area contributed by atoms with Crippen LogP contribution in [0.5, 0.6) is 0 Å². The Morgan fingerprint density at radius 2 is 1.64 bits per heavy atom. The molecule has 0 saturated carbocycles. The first-order valence-corrected chi connectivity index (χ1v) is 23.5. The molecule has 0 unspecified atom stereocenters. The van der Waals surface area contributed by atoms with Crippen molar-refractivity contribution in [3.8, 4) is 11.5 Å². The summed E-state index contributed by atoms with van der Waals surface area (Å²) in [5, 5.41) is 28.0. The lowest BCUT2D eigenvalue weighted by molar-refractivity contribution is -0.139. The fraction of sp³-hybridized carbons (Fsp3) is 0.571. The van der Waals surface area contributed by atoms with Crippen molar-refractivity contribution in [2.45, 2.75) is 129 Å². The van der Waals surface area contributed by atoms with Crippen molar-refractivity contribution in [3.63, 3.8) is 0 Å². The number of phosphoric acid groups is 1. The van der Waals surface area contributed by atoms with E-state index in [1.165, 1.54) is 18.0 Å². The minimum absolute atomic E-state index is 0.105. The number of nitrogens with two attached hydrogens (primary N) is 1. The van der Waals surface area contributed by atoms with Gasteiger partial charge in [-0.1, -0.05) is 42.7 Å². The van der Waals surface area contributed by atoms with E-state index in [-0.39, 0.29) is 24.7 Å². The average Bonchev–Trinajstić information content (AvgIpc) is 4.04. The van der Waals surface area contributed by atoms with Gasteiger partial charge in [0.1, 0.15) is 36.8 Å². The molecule has 24 nitrogen and oxygen atoms in total. The molecule has 1 fully saturated rings. The number of nitrogens with one attached hydrogen (secondary N) is 4. The van der Waals surface area contributed by atoms with Crippen LogP contribution < -0.4 is 27.0 Å². The minimum atomic E-state index is -5.13. The highest BCUT2D eigenvalue weighted by Crippen LogP contribution is 2.38. The lowest BCUT2D eigenvalue weighted by atomic mass is 10.0. The molecule has 368 valence electrons. The Labute approximate surface area is 387 Å². The normalized spacial score (nSPS) is 16.3. The van der Waals surface area contributed by atoms with Crippen molar-refractivity contribution >= 4 is 49.5 Å². The van der Waals surface area contributed by atoms with E-state index < -0.39 is 80.3 Å². The van der Waals surface area contributed by atoms with Crippen molar-refractivity contribution in [3.05, 3.63) is 53.9 Å². The number of benzene rings is 1. The van der Waals surface area contributed by atoms with Crippen molar-refractivity contribution < 1.29 is 62.1 Å². The largest absolute Gasteiger partial charge is 0.469 e. The first-order chi connectivity index (χ1) is 31.8. The van der Waals surface area contributed by atoms with Crippen molar-refractivity contribution in [1.29, 1.82) is 0 Å². The van der Waals surface area contributed by atoms with Gasteiger partial charge in [-0.3, -0.25) is 33.3 Å². The Bertz CT molecular complexity index is 2210. The summed E-state index contributed by atoms with van der Waals surface area (Å²) < 4.78 is 22.9. The molecule has 4 rings (SSSR count). The molecule has 9 N–H and O–H groups in total. The standard InChI is InChI=1S/C42H62N11O13P/c1-25(2)19-32(48-41(60)35-11-10-17-53(35)28(5)55)38(57)47-33(39(58)49-34(23-54)40(59)50-36(37(43)56)26(3)66-67(61,62)63)20-31-22-44-24-52(31)16-8-6-7-9-18-64-45-21-29-12-14-30(15-13-29)42-46-27(4)51-65-42/h12-15,21-22,24-26,32-36,54H,6-11,16-20,23H2,1-5H3,(H2,43,56)(H,47,57)(H,48,60)(H,49,58)(H,50,59)(H2,61,62,63)/b45-21+/t26-,32+,33+,34+,35+,36+/m1/s1. The van der Waals surface area contributed by atoms with Gasteiger partial charge in [0.15, 0.2) is 5.82 Å². The van der Waals surface area contributed by atoms with Gasteiger partial charge in [0, 0.05) is 43.9 Å². The zero-order valence-electron chi connectivity index (χ0n) is 38.2. The van der Waals surface area contributed by atoms with E-state index in [0.717, 1.165) is 37.3 Å². The number of aryl methyl sites for hydroxylation is 2. The zero-order valence-corrected chi connectivity index (χ0v) is 39.1. The number of aromatic nitrogens is 4. The van der Waals surface area contributed by atoms with Crippen LogP contribution in [0, 0.1) is 12.8 Å². The number of nitrogens with zero attached hydrogens (tertiary/aromatic N) is 6. The van der Waals surface area contributed by atoms with Crippen LogP contribution in [0.3, 0.4) is 0 Å². The zero-order chi connectivity index (χ0) is 49.3. The Hall–Kier alpha value is -6.07. The minimum Gasteiger partial charge on any atom is -0.396 e. The maximum Gasteiger partial charge on any atom is 0.469 e. The van der Waals surface area contributed by atoms with Crippen LogP contribution in [-0.4, -0.2) is 137 Å². The molecule has 2 aromatic heterocycles. The molecule has 3 heterocycles. The summed E-state index contributed by atoms with van der Waals surface area (Å²) in [5.41, 5.74) is 7.49. The van der Waals surface area contributed by atoms with E-state index in [2.05, 4.69) is 46.1 Å². The second-order valence-electron chi connectivity index (χ2n) is 16.6. The fourth-order valence-corrected chi connectivity index (χ4v) is 7.85. The number of imidazole rings is 1. The molecule has 1 aliphatic heterocycles. The molecular formula is C42H62N11O13P. The molecule has 0 spiro atoms. The van der Waals surface area contributed by atoms with Crippen molar-refractivity contribution in [2.24, 2.45) is 16.8 Å².